The van der Waals surface area contributed by atoms with E-state index >= 15 is 0 Å². The van der Waals surface area contributed by atoms with Crippen molar-refractivity contribution in [3.8, 4) is 6.01 Å². The van der Waals surface area contributed by atoms with Gasteiger partial charge in [-0.1, -0.05) is 30.3 Å². The second-order valence-corrected chi connectivity index (χ2v) is 12.8. The Morgan fingerprint density at radius 3 is 2.20 bits per heavy atom. The number of nitrogens with zero attached hydrogens (tertiary/aromatic N) is 3. The van der Waals surface area contributed by atoms with Crippen LogP contribution in [0.25, 0.3) is 0 Å². The number of amides is 2. The zero-order chi connectivity index (χ0) is 32.5. The molecular formula is C28H27ClF3N7O5S. The quantitative estimate of drug-likeness (QED) is 0.206. The molecule has 12 nitrogen and oxygen atoms in total. The summed E-state index contributed by atoms with van der Waals surface area (Å²) in [6, 6.07) is 12.6. The summed E-state index contributed by atoms with van der Waals surface area (Å²) in [5, 5.41) is 9.89. The van der Waals surface area contributed by atoms with Crippen LogP contribution in [0.4, 0.5) is 30.8 Å². The van der Waals surface area contributed by atoms with Crippen LogP contribution in [0.15, 0.2) is 60.5 Å². The summed E-state index contributed by atoms with van der Waals surface area (Å²) in [6.45, 7) is 1.48. The van der Waals surface area contributed by atoms with Crippen LogP contribution in [0.2, 0.25) is 5.02 Å². The lowest BCUT2D eigenvalue weighted by Crippen LogP contribution is -2.42. The molecule has 5 rings (SSSR count). The van der Waals surface area contributed by atoms with Crippen molar-refractivity contribution in [2.75, 3.05) is 23.8 Å². The number of alkyl halides is 3. The number of ether oxygens (including phenoxy) is 1. The molecule has 2 saturated carbocycles. The van der Waals surface area contributed by atoms with Crippen molar-refractivity contribution < 1.29 is 35.9 Å². The van der Waals surface area contributed by atoms with E-state index in [-0.39, 0.29) is 24.0 Å². The molecule has 0 aliphatic heterocycles. The average molecular weight is 666 g/mol. The van der Waals surface area contributed by atoms with Gasteiger partial charge in [-0.05, 0) is 67.6 Å². The van der Waals surface area contributed by atoms with Crippen molar-refractivity contribution in [1.29, 1.82) is 0 Å². The summed E-state index contributed by atoms with van der Waals surface area (Å²) in [4.78, 5) is 37.4. The van der Waals surface area contributed by atoms with Crippen molar-refractivity contribution in [1.82, 2.24) is 25.0 Å². The Labute approximate surface area is 260 Å². The van der Waals surface area contributed by atoms with Gasteiger partial charge >= 0.3 is 12.2 Å². The van der Waals surface area contributed by atoms with Crippen LogP contribution >= 0.6 is 11.6 Å². The minimum absolute atomic E-state index is 0.00736. The highest BCUT2D eigenvalue weighted by molar-refractivity contribution is 7.92. The van der Waals surface area contributed by atoms with Gasteiger partial charge in [-0.15, -0.1) is 0 Å². The standard InChI is InChI=1S/C28H27ClF3N7O5S/c1-2-45(42,43)39-22(41)26(11-12-26)15-33-21(40)17-3-9-20(10-4-17)34-23-35-24(37-25(36-23)44-16-28(30,31)32)38-27(13-14-27)18-5-7-19(29)8-6-18/h2-10H,1,11-16H2,(H,33,40)(H,39,41)(H2,34,35,36,37,38). The first-order valence-electron chi connectivity index (χ1n) is 13.5. The second-order valence-electron chi connectivity index (χ2n) is 10.7. The van der Waals surface area contributed by atoms with Gasteiger partial charge in [0.25, 0.3) is 15.9 Å². The molecule has 0 radical (unpaired) electrons. The molecule has 238 valence electrons. The highest BCUT2D eigenvalue weighted by atomic mass is 35.5. The molecule has 0 spiro atoms. The SMILES string of the molecule is C=CS(=O)(=O)NC(=O)C1(CNC(=O)c2ccc(Nc3nc(NC4(c5ccc(Cl)cc5)CC4)nc(OCC(F)(F)F)n3)cc2)CC1. The first kappa shape index (κ1) is 32.0. The third kappa shape index (κ3) is 8.19. The van der Waals surface area contributed by atoms with Gasteiger partial charge in [0.2, 0.25) is 17.8 Å². The molecule has 0 unspecified atom stereocenters. The van der Waals surface area contributed by atoms with Crippen molar-refractivity contribution in [3.63, 3.8) is 0 Å². The molecule has 1 heterocycles. The molecular weight excluding hydrogens is 639 g/mol. The largest absolute Gasteiger partial charge is 0.454 e. The van der Waals surface area contributed by atoms with Crippen LogP contribution in [0, 0.1) is 5.41 Å². The summed E-state index contributed by atoms with van der Waals surface area (Å²) in [6.07, 6.45) is -2.34. The Morgan fingerprint density at radius 2 is 1.62 bits per heavy atom. The van der Waals surface area contributed by atoms with Crippen LogP contribution < -0.4 is 25.4 Å². The molecule has 2 aromatic carbocycles. The average Bonchev–Trinajstić information content (AvgIpc) is 3.92. The Balaban J connectivity index is 1.26. The number of carbonyl (C=O) groups is 2. The summed E-state index contributed by atoms with van der Waals surface area (Å²) < 4.78 is 68.5. The van der Waals surface area contributed by atoms with Crippen molar-refractivity contribution in [2.24, 2.45) is 5.41 Å². The van der Waals surface area contributed by atoms with E-state index in [1.54, 1.807) is 12.1 Å². The van der Waals surface area contributed by atoms with Gasteiger partial charge < -0.3 is 20.7 Å². The van der Waals surface area contributed by atoms with Gasteiger partial charge in [0.15, 0.2) is 6.61 Å². The Bertz CT molecular complexity index is 1710. The fraction of sp³-hybridized carbons (Fsp3) is 0.321. The minimum atomic E-state index is -4.61. The molecule has 2 aliphatic rings. The predicted molar refractivity (Wildman–Crippen MR) is 158 cm³/mol. The van der Waals surface area contributed by atoms with Crippen molar-refractivity contribution in [3.05, 3.63) is 76.7 Å². The second kappa shape index (κ2) is 12.2. The van der Waals surface area contributed by atoms with Gasteiger partial charge in [0.1, 0.15) is 0 Å². The number of hydrogen-bond donors (Lipinski definition) is 4. The predicted octanol–water partition coefficient (Wildman–Crippen LogP) is 4.41. The number of aromatic nitrogens is 3. The van der Waals surface area contributed by atoms with E-state index in [0.717, 1.165) is 18.4 Å². The van der Waals surface area contributed by atoms with E-state index in [1.165, 1.54) is 24.3 Å². The van der Waals surface area contributed by atoms with Crippen LogP contribution in [-0.4, -0.2) is 54.5 Å². The topological polar surface area (TPSA) is 164 Å². The molecule has 2 fully saturated rings. The highest BCUT2D eigenvalue weighted by Crippen LogP contribution is 2.48. The monoisotopic (exact) mass is 665 g/mol. The van der Waals surface area contributed by atoms with Crippen LogP contribution in [0.5, 0.6) is 6.01 Å². The van der Waals surface area contributed by atoms with E-state index in [0.29, 0.717) is 29.0 Å². The number of halogens is 4. The summed E-state index contributed by atoms with van der Waals surface area (Å²) in [5.41, 5.74) is -0.00301. The lowest BCUT2D eigenvalue weighted by Gasteiger charge is -2.19. The highest BCUT2D eigenvalue weighted by Gasteiger charge is 2.51. The number of rotatable bonds is 13. The number of hydrogen-bond acceptors (Lipinski definition) is 10. The van der Waals surface area contributed by atoms with Gasteiger partial charge in [-0.25, -0.2) is 13.1 Å². The third-order valence-corrected chi connectivity index (χ3v) is 8.42. The van der Waals surface area contributed by atoms with Gasteiger partial charge in [-0.3, -0.25) is 9.59 Å². The van der Waals surface area contributed by atoms with E-state index in [2.05, 4.69) is 37.5 Å². The maximum atomic E-state index is 12.9. The fourth-order valence-electron chi connectivity index (χ4n) is 4.37. The van der Waals surface area contributed by atoms with Crippen molar-refractivity contribution in [2.45, 2.75) is 37.4 Å². The first-order valence-corrected chi connectivity index (χ1v) is 15.5. The van der Waals surface area contributed by atoms with Gasteiger partial charge in [-0.2, -0.15) is 28.1 Å². The number of sulfonamides is 1. The molecule has 0 bridgehead atoms. The number of benzene rings is 2. The normalized spacial score (nSPS) is 16.2. The maximum absolute atomic E-state index is 12.9. The first-order chi connectivity index (χ1) is 21.2. The lowest BCUT2D eigenvalue weighted by atomic mass is 10.1. The van der Waals surface area contributed by atoms with E-state index in [9.17, 15) is 31.2 Å². The van der Waals surface area contributed by atoms with Crippen molar-refractivity contribution >= 4 is 51.0 Å². The van der Waals surface area contributed by atoms with E-state index in [1.807, 2.05) is 16.9 Å². The number of nitrogens with one attached hydrogen (secondary N) is 4. The maximum Gasteiger partial charge on any atom is 0.422 e. The Kier molecular flexibility index (Phi) is 8.64. The van der Waals surface area contributed by atoms with Crippen LogP contribution in [0.1, 0.15) is 41.6 Å². The minimum Gasteiger partial charge on any atom is -0.454 e. The molecule has 2 aliphatic carbocycles. The van der Waals surface area contributed by atoms with Crippen LogP contribution in [-0.2, 0) is 20.4 Å². The number of anilines is 3. The summed E-state index contributed by atoms with van der Waals surface area (Å²) in [5.74, 6) is -1.33. The molecule has 2 amide bonds. The van der Waals surface area contributed by atoms with Gasteiger partial charge in [0, 0.05) is 28.2 Å². The van der Waals surface area contributed by atoms with Gasteiger partial charge in [0.05, 0.1) is 11.0 Å². The molecule has 0 saturated heterocycles. The smallest absolute Gasteiger partial charge is 0.422 e. The molecule has 1 aromatic heterocycles. The Hall–Kier alpha value is -4.44. The van der Waals surface area contributed by atoms with Crippen LogP contribution in [0.3, 0.4) is 0 Å². The third-order valence-electron chi connectivity index (χ3n) is 7.26. The molecule has 4 N–H and O–H groups in total. The lowest BCUT2D eigenvalue weighted by molar-refractivity contribution is -0.154. The Morgan fingerprint density at radius 1 is 0.978 bits per heavy atom. The molecule has 17 heteroatoms. The number of carbonyl (C=O) groups excluding carboxylic acids is 2. The fourth-order valence-corrected chi connectivity index (χ4v) is 5.06. The molecule has 0 atom stereocenters. The summed E-state index contributed by atoms with van der Waals surface area (Å²) >= 11 is 6.00. The zero-order valence-electron chi connectivity index (χ0n) is 23.4. The molecule has 3 aromatic rings. The molecule has 45 heavy (non-hydrogen) atoms. The van der Waals surface area contributed by atoms with E-state index in [4.69, 9.17) is 16.3 Å². The zero-order valence-corrected chi connectivity index (χ0v) is 25.0. The van der Waals surface area contributed by atoms with E-state index < -0.39 is 51.6 Å². The summed E-state index contributed by atoms with van der Waals surface area (Å²) in [7, 11) is -3.95.